The average Bonchev–Trinajstić information content (AvgIpc) is 3.35. The van der Waals surface area contributed by atoms with Gasteiger partial charge in [-0.2, -0.15) is 5.10 Å². The predicted molar refractivity (Wildman–Crippen MR) is 159 cm³/mol. The van der Waals surface area contributed by atoms with Gasteiger partial charge in [-0.3, -0.25) is 4.79 Å². The highest BCUT2D eigenvalue weighted by atomic mass is 79.9. The Bertz CT molecular complexity index is 1700. The number of carbonyl (C=O) groups excluding carboxylic acids is 2. The number of para-hydroxylation sites is 1. The summed E-state index contributed by atoms with van der Waals surface area (Å²) in [4.78, 5) is 29.3. The highest BCUT2D eigenvalue weighted by Crippen LogP contribution is 2.36. The second kappa shape index (κ2) is 11.7. The number of rotatable bonds is 7. The first-order valence-electron chi connectivity index (χ1n) is 11.8. The molecule has 194 valence electrons. The number of nitrogens with zero attached hydrogens (tertiary/aromatic N) is 1. The lowest BCUT2D eigenvalue weighted by atomic mass is 10.0. The second-order valence-corrected chi connectivity index (χ2v) is 10.2. The molecule has 0 saturated carbocycles. The zero-order valence-corrected chi connectivity index (χ0v) is 23.7. The fourth-order valence-electron chi connectivity index (χ4n) is 4.16. The van der Waals surface area contributed by atoms with Crippen LogP contribution in [0.2, 0.25) is 0 Å². The molecule has 4 aromatic carbocycles. The van der Waals surface area contributed by atoms with E-state index in [0.717, 1.165) is 21.0 Å². The summed E-state index contributed by atoms with van der Waals surface area (Å²) in [5, 5.41) is 5.03. The van der Waals surface area contributed by atoms with Crippen LogP contribution in [0.1, 0.15) is 26.4 Å². The van der Waals surface area contributed by atoms with Gasteiger partial charge in [0.25, 0.3) is 5.91 Å². The number of halogens is 2. The number of nitrogens with one attached hydrogen (secondary N) is 2. The SMILES string of the molecule is COc1cccc2c(-c3ccccc3)c(C(=O)NN=Cc3cc(Br)cc(Br)c3OC(=O)c3ccccc3)[nH]c12. The van der Waals surface area contributed by atoms with Gasteiger partial charge in [0.05, 0.1) is 28.9 Å². The van der Waals surface area contributed by atoms with Crippen LogP contribution in [0.3, 0.4) is 0 Å². The van der Waals surface area contributed by atoms with E-state index in [1.807, 2.05) is 54.6 Å². The number of fused-ring (bicyclic) bond motifs is 1. The molecule has 0 saturated heterocycles. The summed E-state index contributed by atoms with van der Waals surface area (Å²) in [5.41, 5.74) is 6.13. The Balaban J connectivity index is 1.46. The van der Waals surface area contributed by atoms with E-state index in [1.54, 1.807) is 43.5 Å². The second-order valence-electron chi connectivity index (χ2n) is 8.38. The van der Waals surface area contributed by atoms with Gasteiger partial charge >= 0.3 is 5.97 Å². The van der Waals surface area contributed by atoms with Crippen molar-refractivity contribution in [1.82, 2.24) is 10.4 Å². The third-order valence-corrected chi connectivity index (χ3v) is 6.96. The molecule has 5 rings (SSSR count). The number of aromatic nitrogens is 1. The van der Waals surface area contributed by atoms with Crippen molar-refractivity contribution in [2.24, 2.45) is 5.10 Å². The van der Waals surface area contributed by atoms with Crippen molar-refractivity contribution >= 4 is 60.9 Å². The maximum atomic E-state index is 13.4. The molecule has 0 atom stereocenters. The van der Waals surface area contributed by atoms with Crippen LogP contribution >= 0.6 is 31.9 Å². The topological polar surface area (TPSA) is 92.8 Å². The summed E-state index contributed by atoms with van der Waals surface area (Å²) >= 11 is 6.90. The summed E-state index contributed by atoms with van der Waals surface area (Å²) < 4.78 is 12.5. The molecular formula is C30H21Br2N3O4. The number of benzene rings is 4. The van der Waals surface area contributed by atoms with Crippen molar-refractivity contribution in [2.45, 2.75) is 0 Å². The molecule has 9 heteroatoms. The number of methoxy groups -OCH3 is 1. The largest absolute Gasteiger partial charge is 0.495 e. The predicted octanol–water partition coefficient (Wildman–Crippen LogP) is 7.35. The molecule has 1 aromatic heterocycles. The van der Waals surface area contributed by atoms with Gasteiger partial charge in [0.2, 0.25) is 0 Å². The average molecular weight is 647 g/mol. The number of hydrogen-bond donors (Lipinski definition) is 2. The van der Waals surface area contributed by atoms with Crippen LogP contribution < -0.4 is 14.9 Å². The maximum Gasteiger partial charge on any atom is 0.343 e. The molecule has 1 heterocycles. The third-order valence-electron chi connectivity index (χ3n) is 5.92. The quantitative estimate of drug-likeness (QED) is 0.0837. The van der Waals surface area contributed by atoms with Gasteiger partial charge in [-0.25, -0.2) is 10.2 Å². The van der Waals surface area contributed by atoms with Crippen LogP contribution in [0.4, 0.5) is 0 Å². The summed E-state index contributed by atoms with van der Waals surface area (Å²) in [6.45, 7) is 0. The minimum atomic E-state index is -0.517. The lowest BCUT2D eigenvalue weighted by Crippen LogP contribution is -2.19. The van der Waals surface area contributed by atoms with Crippen molar-refractivity contribution in [2.75, 3.05) is 7.11 Å². The van der Waals surface area contributed by atoms with Crippen LogP contribution in [0.15, 0.2) is 105 Å². The number of aromatic amines is 1. The molecule has 2 N–H and O–H groups in total. The summed E-state index contributed by atoms with van der Waals surface area (Å²) in [6, 6.07) is 27.4. The van der Waals surface area contributed by atoms with Crippen LogP contribution in [-0.2, 0) is 0 Å². The van der Waals surface area contributed by atoms with Crippen molar-refractivity contribution in [3.05, 3.63) is 117 Å². The van der Waals surface area contributed by atoms with Gasteiger partial charge in [-0.1, -0.05) is 76.6 Å². The van der Waals surface area contributed by atoms with Gasteiger partial charge in [0, 0.05) is 21.0 Å². The highest BCUT2D eigenvalue weighted by Gasteiger charge is 2.21. The number of hydrogen-bond acceptors (Lipinski definition) is 5. The zero-order chi connectivity index (χ0) is 27.4. The molecule has 39 heavy (non-hydrogen) atoms. The Morgan fingerprint density at radius 2 is 1.64 bits per heavy atom. The first-order valence-corrected chi connectivity index (χ1v) is 13.4. The van der Waals surface area contributed by atoms with E-state index < -0.39 is 11.9 Å². The van der Waals surface area contributed by atoms with Gasteiger partial charge < -0.3 is 14.5 Å². The monoisotopic (exact) mass is 645 g/mol. The molecular weight excluding hydrogens is 626 g/mol. The van der Waals surface area contributed by atoms with E-state index in [2.05, 4.69) is 47.4 Å². The molecule has 5 aromatic rings. The standard InChI is InChI=1S/C30H21Br2N3O4/c1-38-24-14-8-13-22-25(18-9-4-2-5-10-18)27(34-26(22)24)29(36)35-33-17-20-15-21(31)16-23(32)28(20)39-30(37)19-11-6-3-7-12-19/h2-17,34H,1H3,(H,35,36). The molecule has 0 unspecified atom stereocenters. The van der Waals surface area contributed by atoms with Gasteiger partial charge in [-0.15, -0.1) is 0 Å². The van der Waals surface area contributed by atoms with Crippen LogP contribution in [0, 0.1) is 0 Å². The van der Waals surface area contributed by atoms with Crippen molar-refractivity contribution in [3.8, 4) is 22.6 Å². The van der Waals surface area contributed by atoms with E-state index in [9.17, 15) is 9.59 Å². The number of carbonyl (C=O) groups is 2. The van der Waals surface area contributed by atoms with Crippen molar-refractivity contribution in [1.29, 1.82) is 0 Å². The molecule has 0 bridgehead atoms. The number of ether oxygens (including phenoxy) is 2. The van der Waals surface area contributed by atoms with Gasteiger partial charge in [0.1, 0.15) is 11.4 Å². The minimum Gasteiger partial charge on any atom is -0.495 e. The Hall–Kier alpha value is -4.21. The Morgan fingerprint density at radius 3 is 2.36 bits per heavy atom. The number of hydrazone groups is 1. The van der Waals surface area contributed by atoms with E-state index in [1.165, 1.54) is 6.21 Å². The molecule has 0 fully saturated rings. The smallest absolute Gasteiger partial charge is 0.343 e. The van der Waals surface area contributed by atoms with E-state index >= 15 is 0 Å². The lowest BCUT2D eigenvalue weighted by molar-refractivity contribution is 0.0733. The summed E-state index contributed by atoms with van der Waals surface area (Å²) in [7, 11) is 1.58. The zero-order valence-electron chi connectivity index (χ0n) is 20.6. The van der Waals surface area contributed by atoms with Crippen molar-refractivity contribution < 1.29 is 19.1 Å². The number of H-pyrrole nitrogens is 1. The molecule has 0 spiro atoms. The molecule has 0 aliphatic rings. The Morgan fingerprint density at radius 1 is 0.923 bits per heavy atom. The molecule has 0 radical (unpaired) electrons. The molecule has 7 nitrogen and oxygen atoms in total. The summed E-state index contributed by atoms with van der Waals surface area (Å²) in [6.07, 6.45) is 1.42. The van der Waals surface area contributed by atoms with Gasteiger partial charge in [-0.05, 0) is 51.8 Å². The summed E-state index contributed by atoms with van der Waals surface area (Å²) in [5.74, 6) is -0.0708. The maximum absolute atomic E-state index is 13.4. The lowest BCUT2D eigenvalue weighted by Gasteiger charge is -2.10. The van der Waals surface area contributed by atoms with Crippen molar-refractivity contribution in [3.63, 3.8) is 0 Å². The van der Waals surface area contributed by atoms with Crippen LogP contribution in [0.5, 0.6) is 11.5 Å². The van der Waals surface area contributed by atoms with Crippen LogP contribution in [0.25, 0.3) is 22.0 Å². The van der Waals surface area contributed by atoms with Crippen LogP contribution in [-0.4, -0.2) is 30.2 Å². The molecule has 0 aliphatic heterocycles. The van der Waals surface area contributed by atoms with E-state index in [0.29, 0.717) is 32.6 Å². The first kappa shape index (κ1) is 26.4. The Labute approximate surface area is 241 Å². The fraction of sp³-hybridized carbons (Fsp3) is 0.0333. The first-order chi connectivity index (χ1) is 19.0. The Kier molecular flexibility index (Phi) is 7.90. The number of esters is 1. The normalized spacial score (nSPS) is 11.1. The third kappa shape index (κ3) is 5.64. The number of amides is 1. The minimum absolute atomic E-state index is 0.269. The van der Waals surface area contributed by atoms with E-state index in [-0.39, 0.29) is 5.75 Å². The highest BCUT2D eigenvalue weighted by molar-refractivity contribution is 9.11. The van der Waals surface area contributed by atoms with Gasteiger partial charge in [0.15, 0.2) is 5.75 Å². The molecule has 1 amide bonds. The van der Waals surface area contributed by atoms with E-state index in [4.69, 9.17) is 9.47 Å². The molecule has 0 aliphatic carbocycles. The fourth-order valence-corrected chi connectivity index (χ4v) is 5.50.